The van der Waals surface area contributed by atoms with E-state index in [9.17, 15) is 4.79 Å². The van der Waals surface area contributed by atoms with Gasteiger partial charge in [0.2, 0.25) is 0 Å². The molecule has 0 saturated carbocycles. The third-order valence-corrected chi connectivity index (χ3v) is 4.21. The number of ketones is 1. The average molecular weight is 256 g/mol. The van der Waals surface area contributed by atoms with Crippen molar-refractivity contribution in [3.8, 4) is 0 Å². The Labute approximate surface area is 105 Å². The molecule has 0 fully saturated rings. The van der Waals surface area contributed by atoms with Crippen molar-refractivity contribution in [2.24, 2.45) is 0 Å². The molecular weight excluding hydrogens is 242 g/mol. The molecule has 0 radical (unpaired) electrons. The molecule has 0 saturated heterocycles. The maximum atomic E-state index is 12.1. The molecule has 1 atom stereocenters. The molecule has 16 heavy (non-hydrogen) atoms. The molecular formula is C12H14ClNOS. The smallest absolute Gasteiger partial charge is 0.180 e. The number of hydrogen-bond donors (Lipinski definition) is 1. The van der Waals surface area contributed by atoms with E-state index >= 15 is 0 Å². The van der Waals surface area contributed by atoms with E-state index in [4.69, 9.17) is 11.6 Å². The van der Waals surface area contributed by atoms with Gasteiger partial charge >= 0.3 is 0 Å². The molecule has 2 nitrogen and oxygen atoms in total. The summed E-state index contributed by atoms with van der Waals surface area (Å²) in [5.41, 5.74) is 2.11. The number of rotatable bonds is 4. The molecule has 0 aliphatic carbocycles. The van der Waals surface area contributed by atoms with Gasteiger partial charge in [-0.15, -0.1) is 23.4 Å². The lowest BCUT2D eigenvalue weighted by molar-refractivity contribution is 0.0956. The van der Waals surface area contributed by atoms with Crippen LogP contribution in [0.2, 0.25) is 0 Å². The second-order valence-electron chi connectivity index (χ2n) is 3.78. The van der Waals surface area contributed by atoms with E-state index in [0.717, 1.165) is 17.7 Å². The Balaban J connectivity index is 2.24. The van der Waals surface area contributed by atoms with E-state index in [1.54, 1.807) is 7.05 Å². The maximum Gasteiger partial charge on any atom is 0.180 e. The van der Waals surface area contributed by atoms with Crippen molar-refractivity contribution in [2.75, 3.05) is 18.7 Å². The fourth-order valence-electron chi connectivity index (χ4n) is 1.80. The zero-order chi connectivity index (χ0) is 11.5. The van der Waals surface area contributed by atoms with Gasteiger partial charge in [-0.05, 0) is 25.1 Å². The molecule has 1 heterocycles. The largest absolute Gasteiger partial charge is 0.309 e. The zero-order valence-corrected chi connectivity index (χ0v) is 10.7. The minimum atomic E-state index is -0.286. The highest BCUT2D eigenvalue weighted by atomic mass is 35.5. The average Bonchev–Trinajstić information content (AvgIpc) is 2.77. The molecule has 1 aromatic carbocycles. The zero-order valence-electron chi connectivity index (χ0n) is 9.13. The minimum Gasteiger partial charge on any atom is -0.309 e. The van der Waals surface area contributed by atoms with Gasteiger partial charge in [-0.3, -0.25) is 4.79 Å². The molecule has 1 N–H and O–H groups in total. The lowest BCUT2D eigenvalue weighted by Gasteiger charge is -2.12. The van der Waals surface area contributed by atoms with E-state index in [0.29, 0.717) is 5.88 Å². The number of hydrogen-bond acceptors (Lipinski definition) is 3. The highest BCUT2D eigenvalue weighted by Crippen LogP contribution is 2.32. The van der Waals surface area contributed by atoms with Crippen molar-refractivity contribution >= 4 is 29.1 Å². The first-order valence-electron chi connectivity index (χ1n) is 5.29. The van der Waals surface area contributed by atoms with Crippen molar-refractivity contribution in [3.05, 3.63) is 29.3 Å². The topological polar surface area (TPSA) is 29.1 Å². The summed E-state index contributed by atoms with van der Waals surface area (Å²) in [6.07, 6.45) is 1.11. The first kappa shape index (κ1) is 12.0. The second-order valence-corrected chi connectivity index (χ2v) is 5.23. The summed E-state index contributed by atoms with van der Waals surface area (Å²) in [5.74, 6) is 1.50. The van der Waals surface area contributed by atoms with Crippen molar-refractivity contribution in [2.45, 2.75) is 17.4 Å². The molecule has 0 aromatic heterocycles. The van der Waals surface area contributed by atoms with Crippen LogP contribution in [0.3, 0.4) is 0 Å². The van der Waals surface area contributed by atoms with Crippen LogP contribution in [0.1, 0.15) is 15.9 Å². The number of halogens is 1. The second kappa shape index (κ2) is 5.21. The summed E-state index contributed by atoms with van der Waals surface area (Å²) in [5, 5.41) is 2.93. The Hall–Kier alpha value is -0.510. The molecule has 1 unspecified atom stereocenters. The summed E-state index contributed by atoms with van der Waals surface area (Å²) < 4.78 is 0. The summed E-state index contributed by atoms with van der Waals surface area (Å²) >= 11 is 7.56. The predicted molar refractivity (Wildman–Crippen MR) is 68.8 cm³/mol. The van der Waals surface area contributed by atoms with E-state index in [1.807, 2.05) is 23.9 Å². The Bertz CT molecular complexity index is 404. The van der Waals surface area contributed by atoms with Gasteiger partial charge in [0.1, 0.15) is 0 Å². The number of fused-ring (bicyclic) bond motifs is 1. The number of thioether (sulfide) groups is 1. The number of nitrogens with one attached hydrogen (secondary N) is 1. The van der Waals surface area contributed by atoms with Crippen LogP contribution in [0.15, 0.2) is 23.1 Å². The summed E-state index contributed by atoms with van der Waals surface area (Å²) in [6.45, 7) is 0. The molecule has 2 rings (SSSR count). The fourth-order valence-corrected chi connectivity index (χ4v) is 3.20. The van der Waals surface area contributed by atoms with E-state index in [-0.39, 0.29) is 11.8 Å². The van der Waals surface area contributed by atoms with Gasteiger partial charge in [0, 0.05) is 22.1 Å². The number of Topliss-reactive ketones (excluding diaryl/α,β-unsaturated/α-hetero) is 1. The Morgan fingerprint density at radius 1 is 1.62 bits per heavy atom. The molecule has 0 amide bonds. The van der Waals surface area contributed by atoms with E-state index in [2.05, 4.69) is 11.4 Å². The van der Waals surface area contributed by atoms with Crippen molar-refractivity contribution in [1.29, 1.82) is 0 Å². The minimum absolute atomic E-state index is 0.0767. The van der Waals surface area contributed by atoms with Gasteiger partial charge in [-0.25, -0.2) is 0 Å². The molecule has 0 spiro atoms. The van der Waals surface area contributed by atoms with Crippen LogP contribution in [0.5, 0.6) is 0 Å². The monoisotopic (exact) mass is 255 g/mol. The van der Waals surface area contributed by atoms with Gasteiger partial charge in [0.25, 0.3) is 0 Å². The van der Waals surface area contributed by atoms with Crippen LogP contribution in [0.4, 0.5) is 0 Å². The van der Waals surface area contributed by atoms with Gasteiger partial charge in [-0.2, -0.15) is 0 Å². The quantitative estimate of drug-likeness (QED) is 0.662. The number of benzene rings is 1. The van der Waals surface area contributed by atoms with Gasteiger partial charge in [0.15, 0.2) is 5.78 Å². The van der Waals surface area contributed by atoms with Crippen LogP contribution in [-0.2, 0) is 6.42 Å². The standard InChI is InChI=1S/C12H14ClNOS/c1-14-10(7-13)12(15)9-3-2-8-4-5-16-11(8)6-9/h2-3,6,10,14H,4-5,7H2,1H3. The van der Waals surface area contributed by atoms with Crippen LogP contribution in [0, 0.1) is 0 Å². The molecule has 1 aliphatic heterocycles. The van der Waals surface area contributed by atoms with Crippen molar-refractivity contribution < 1.29 is 4.79 Å². The van der Waals surface area contributed by atoms with Crippen molar-refractivity contribution in [3.63, 3.8) is 0 Å². The van der Waals surface area contributed by atoms with Gasteiger partial charge in [-0.1, -0.05) is 12.1 Å². The Morgan fingerprint density at radius 3 is 3.12 bits per heavy atom. The van der Waals surface area contributed by atoms with E-state index < -0.39 is 0 Å². The summed E-state index contributed by atoms with van der Waals surface area (Å²) in [7, 11) is 1.76. The fraction of sp³-hybridized carbons (Fsp3) is 0.417. The number of carbonyl (C=O) groups is 1. The summed E-state index contributed by atoms with van der Waals surface area (Å²) in [4.78, 5) is 13.3. The van der Waals surface area contributed by atoms with Crippen LogP contribution >= 0.6 is 23.4 Å². The molecule has 4 heteroatoms. The van der Waals surface area contributed by atoms with Gasteiger partial charge < -0.3 is 5.32 Å². The summed E-state index contributed by atoms with van der Waals surface area (Å²) in [6, 6.07) is 5.67. The number of carbonyl (C=O) groups excluding carboxylic acids is 1. The van der Waals surface area contributed by atoms with Crippen LogP contribution < -0.4 is 5.32 Å². The number of aryl methyl sites for hydroxylation is 1. The van der Waals surface area contributed by atoms with Gasteiger partial charge in [0.05, 0.1) is 6.04 Å². The van der Waals surface area contributed by atoms with Crippen LogP contribution in [-0.4, -0.2) is 30.5 Å². The predicted octanol–water partition coefficient (Wildman–Crippen LogP) is 2.34. The third-order valence-electron chi connectivity index (χ3n) is 2.80. The Morgan fingerprint density at radius 2 is 2.44 bits per heavy atom. The maximum absolute atomic E-state index is 12.1. The molecule has 1 aliphatic rings. The molecule has 0 bridgehead atoms. The lowest BCUT2D eigenvalue weighted by atomic mass is 10.0. The van der Waals surface area contributed by atoms with Crippen LogP contribution in [0.25, 0.3) is 0 Å². The molecule has 86 valence electrons. The SMILES string of the molecule is CNC(CCl)C(=O)c1ccc2c(c1)SCC2. The normalized spacial score (nSPS) is 15.9. The number of alkyl halides is 1. The van der Waals surface area contributed by atoms with E-state index in [1.165, 1.54) is 10.5 Å². The van der Waals surface area contributed by atoms with Crippen molar-refractivity contribution in [1.82, 2.24) is 5.32 Å². The third kappa shape index (κ3) is 2.26. The Kier molecular flexibility index (Phi) is 3.90. The first-order chi connectivity index (χ1) is 7.76. The number of likely N-dealkylation sites (N-methyl/N-ethyl adjacent to an activating group) is 1. The molecule has 1 aromatic rings. The lowest BCUT2D eigenvalue weighted by Crippen LogP contribution is -2.35. The first-order valence-corrected chi connectivity index (χ1v) is 6.81. The highest BCUT2D eigenvalue weighted by molar-refractivity contribution is 7.99. The highest BCUT2D eigenvalue weighted by Gasteiger charge is 2.19.